The van der Waals surface area contributed by atoms with Crippen molar-refractivity contribution in [1.29, 1.82) is 0 Å². The number of aromatic carboxylic acids is 1. The summed E-state index contributed by atoms with van der Waals surface area (Å²) in [6.45, 7) is 1.56. The number of rotatable bonds is 4. The molecule has 1 unspecified atom stereocenters. The maximum atomic E-state index is 12.1. The third kappa shape index (κ3) is 3.02. The van der Waals surface area contributed by atoms with Gasteiger partial charge < -0.3 is 10.4 Å². The zero-order valence-electron chi connectivity index (χ0n) is 10.4. The highest BCUT2D eigenvalue weighted by molar-refractivity contribution is 9.10. The second-order valence-corrected chi connectivity index (χ2v) is 4.91. The standard InChI is InChI=1S/C12H11BrN4O3/c1-7(17-9(12(19)20)4-5-15-17)11(18)16-10-3-2-8(13)6-14-10/h2-7H,1H3,(H,19,20)(H,14,16,18). The summed E-state index contributed by atoms with van der Waals surface area (Å²) in [5, 5.41) is 15.5. The average molecular weight is 339 g/mol. The third-order valence-corrected chi connectivity index (χ3v) is 3.08. The van der Waals surface area contributed by atoms with Crippen molar-refractivity contribution in [2.75, 3.05) is 5.32 Å². The van der Waals surface area contributed by atoms with Crippen molar-refractivity contribution in [3.8, 4) is 0 Å². The summed E-state index contributed by atoms with van der Waals surface area (Å²) in [4.78, 5) is 27.1. The molecule has 0 aliphatic heterocycles. The molecule has 0 spiro atoms. The molecule has 20 heavy (non-hydrogen) atoms. The van der Waals surface area contributed by atoms with Crippen molar-refractivity contribution in [2.24, 2.45) is 0 Å². The quantitative estimate of drug-likeness (QED) is 0.887. The summed E-state index contributed by atoms with van der Waals surface area (Å²) in [5.74, 6) is -1.15. The van der Waals surface area contributed by atoms with Crippen LogP contribution in [0, 0.1) is 0 Å². The second kappa shape index (κ2) is 5.83. The Morgan fingerprint density at radius 3 is 2.75 bits per heavy atom. The average Bonchev–Trinajstić information content (AvgIpc) is 2.90. The van der Waals surface area contributed by atoms with Crippen LogP contribution in [-0.4, -0.2) is 31.7 Å². The number of carboxylic acids is 1. The number of carbonyl (C=O) groups excluding carboxylic acids is 1. The van der Waals surface area contributed by atoms with Crippen LogP contribution in [0.4, 0.5) is 5.82 Å². The number of nitrogens with zero attached hydrogens (tertiary/aromatic N) is 3. The van der Waals surface area contributed by atoms with Gasteiger partial charge in [0.15, 0.2) is 0 Å². The second-order valence-electron chi connectivity index (χ2n) is 3.99. The summed E-state index contributed by atoms with van der Waals surface area (Å²) < 4.78 is 1.94. The molecule has 0 aromatic carbocycles. The van der Waals surface area contributed by atoms with Gasteiger partial charge in [-0.15, -0.1) is 0 Å². The van der Waals surface area contributed by atoms with Crippen LogP contribution >= 0.6 is 15.9 Å². The zero-order chi connectivity index (χ0) is 14.7. The van der Waals surface area contributed by atoms with Gasteiger partial charge in [-0.1, -0.05) is 0 Å². The van der Waals surface area contributed by atoms with Gasteiger partial charge in [0.05, 0.1) is 0 Å². The van der Waals surface area contributed by atoms with Crippen molar-refractivity contribution in [2.45, 2.75) is 13.0 Å². The van der Waals surface area contributed by atoms with Crippen LogP contribution < -0.4 is 5.32 Å². The first-order valence-electron chi connectivity index (χ1n) is 5.68. The monoisotopic (exact) mass is 338 g/mol. The zero-order valence-corrected chi connectivity index (χ0v) is 12.0. The predicted molar refractivity (Wildman–Crippen MR) is 74.5 cm³/mol. The van der Waals surface area contributed by atoms with E-state index in [0.29, 0.717) is 5.82 Å². The summed E-state index contributed by atoms with van der Waals surface area (Å²) in [6.07, 6.45) is 2.89. The van der Waals surface area contributed by atoms with Gasteiger partial charge in [-0.3, -0.25) is 4.79 Å². The molecule has 0 saturated heterocycles. The molecule has 0 saturated carbocycles. The Hall–Kier alpha value is -2.22. The molecule has 104 valence electrons. The number of anilines is 1. The molecule has 0 radical (unpaired) electrons. The molecular weight excluding hydrogens is 328 g/mol. The highest BCUT2D eigenvalue weighted by atomic mass is 79.9. The first-order valence-corrected chi connectivity index (χ1v) is 6.47. The predicted octanol–water partition coefficient (Wildman–Crippen LogP) is 1.94. The molecule has 0 fully saturated rings. The van der Waals surface area contributed by atoms with Gasteiger partial charge in [-0.25, -0.2) is 14.5 Å². The van der Waals surface area contributed by atoms with Crippen LogP contribution in [0.25, 0.3) is 0 Å². The number of pyridine rings is 1. The van der Waals surface area contributed by atoms with Crippen LogP contribution in [-0.2, 0) is 4.79 Å². The number of carboxylic acid groups (broad SMARTS) is 1. The van der Waals surface area contributed by atoms with E-state index >= 15 is 0 Å². The number of hydrogen-bond acceptors (Lipinski definition) is 4. The van der Waals surface area contributed by atoms with Gasteiger partial charge >= 0.3 is 5.97 Å². The van der Waals surface area contributed by atoms with E-state index in [-0.39, 0.29) is 5.69 Å². The van der Waals surface area contributed by atoms with Crippen molar-refractivity contribution in [3.05, 3.63) is 40.8 Å². The molecule has 2 aromatic rings. The van der Waals surface area contributed by atoms with E-state index in [0.717, 1.165) is 9.15 Å². The molecule has 8 heteroatoms. The largest absolute Gasteiger partial charge is 0.477 e. The Balaban J connectivity index is 2.14. The summed E-state index contributed by atoms with van der Waals surface area (Å²) in [5.41, 5.74) is -0.0450. The third-order valence-electron chi connectivity index (χ3n) is 2.61. The van der Waals surface area contributed by atoms with Crippen LogP contribution in [0.15, 0.2) is 35.1 Å². The van der Waals surface area contributed by atoms with E-state index in [1.165, 1.54) is 12.3 Å². The molecule has 7 nitrogen and oxygen atoms in total. The highest BCUT2D eigenvalue weighted by Crippen LogP contribution is 2.14. The minimum absolute atomic E-state index is 0.0450. The molecule has 2 N–H and O–H groups in total. The molecule has 0 aliphatic carbocycles. The molecule has 1 atom stereocenters. The van der Waals surface area contributed by atoms with Gasteiger partial charge in [0.2, 0.25) is 5.91 Å². The molecule has 0 bridgehead atoms. The van der Waals surface area contributed by atoms with Gasteiger partial charge in [0.25, 0.3) is 0 Å². The minimum atomic E-state index is -1.14. The minimum Gasteiger partial charge on any atom is -0.477 e. The number of hydrogen-bond donors (Lipinski definition) is 2. The molecule has 2 rings (SSSR count). The molecular formula is C12H11BrN4O3. The van der Waals surface area contributed by atoms with Crippen LogP contribution in [0.3, 0.4) is 0 Å². The highest BCUT2D eigenvalue weighted by Gasteiger charge is 2.21. The summed E-state index contributed by atoms with van der Waals surface area (Å²) >= 11 is 3.24. The fraction of sp³-hybridized carbons (Fsp3) is 0.167. The van der Waals surface area contributed by atoms with E-state index in [1.807, 2.05) is 0 Å². The van der Waals surface area contributed by atoms with E-state index in [1.54, 1.807) is 25.3 Å². The number of aromatic nitrogens is 3. The number of carbonyl (C=O) groups is 2. The Kier molecular flexibility index (Phi) is 4.14. The first-order chi connectivity index (χ1) is 9.49. The van der Waals surface area contributed by atoms with Crippen LogP contribution in [0.1, 0.15) is 23.5 Å². The molecule has 0 aliphatic rings. The molecule has 1 amide bonds. The van der Waals surface area contributed by atoms with Crippen LogP contribution in [0.2, 0.25) is 0 Å². The number of nitrogens with one attached hydrogen (secondary N) is 1. The molecule has 2 heterocycles. The number of halogens is 1. The van der Waals surface area contributed by atoms with Crippen molar-refractivity contribution in [1.82, 2.24) is 14.8 Å². The lowest BCUT2D eigenvalue weighted by Gasteiger charge is -2.13. The lowest BCUT2D eigenvalue weighted by atomic mass is 10.3. The van der Waals surface area contributed by atoms with Crippen molar-refractivity contribution < 1.29 is 14.7 Å². The molecule has 2 aromatic heterocycles. The first kappa shape index (κ1) is 14.2. The van der Waals surface area contributed by atoms with Crippen molar-refractivity contribution >= 4 is 33.6 Å². The summed E-state index contributed by atoms with van der Waals surface area (Å²) in [7, 11) is 0. The van der Waals surface area contributed by atoms with Gasteiger partial charge in [0.1, 0.15) is 17.6 Å². The Morgan fingerprint density at radius 1 is 1.40 bits per heavy atom. The maximum Gasteiger partial charge on any atom is 0.354 e. The Morgan fingerprint density at radius 2 is 2.15 bits per heavy atom. The fourth-order valence-electron chi connectivity index (χ4n) is 1.58. The van der Waals surface area contributed by atoms with E-state index in [4.69, 9.17) is 5.11 Å². The smallest absolute Gasteiger partial charge is 0.354 e. The van der Waals surface area contributed by atoms with Gasteiger partial charge in [-0.05, 0) is 41.1 Å². The number of amides is 1. The van der Waals surface area contributed by atoms with E-state index in [9.17, 15) is 9.59 Å². The van der Waals surface area contributed by atoms with Crippen molar-refractivity contribution in [3.63, 3.8) is 0 Å². The Bertz CT molecular complexity index is 638. The van der Waals surface area contributed by atoms with E-state index < -0.39 is 17.9 Å². The maximum absolute atomic E-state index is 12.1. The van der Waals surface area contributed by atoms with Gasteiger partial charge in [0, 0.05) is 16.9 Å². The van der Waals surface area contributed by atoms with E-state index in [2.05, 4.69) is 31.3 Å². The topological polar surface area (TPSA) is 97.1 Å². The Labute approximate surface area is 122 Å². The van der Waals surface area contributed by atoms with Gasteiger partial charge in [-0.2, -0.15) is 5.10 Å². The fourth-order valence-corrected chi connectivity index (χ4v) is 1.82. The SMILES string of the molecule is CC(C(=O)Nc1ccc(Br)cn1)n1nccc1C(=O)O. The van der Waals surface area contributed by atoms with Crippen LogP contribution in [0.5, 0.6) is 0 Å². The normalized spacial score (nSPS) is 11.9. The summed E-state index contributed by atoms with van der Waals surface area (Å²) in [6, 6.07) is 3.95. The lowest BCUT2D eigenvalue weighted by Crippen LogP contribution is -2.27. The lowest BCUT2D eigenvalue weighted by molar-refractivity contribution is -0.119.